The number of hydrogen-bond acceptors (Lipinski definition) is 3. The number of rotatable bonds is 9. The molecule has 0 fully saturated rings. The first-order valence-corrected chi connectivity index (χ1v) is 6.41. The summed E-state index contributed by atoms with van der Waals surface area (Å²) in [4.78, 5) is 11.0. The molecular formula is C13H28O3. The molecule has 3 nitrogen and oxygen atoms in total. The maximum atomic E-state index is 11.0. The molecule has 0 aliphatic carbocycles. The number of ether oxygens (including phenoxy) is 1. The average Bonchev–Trinajstić information content (AvgIpc) is 2.31. The van der Waals surface area contributed by atoms with Gasteiger partial charge in [-0.05, 0) is 13.3 Å². The molecule has 0 radical (unpaired) electrons. The van der Waals surface area contributed by atoms with E-state index in [9.17, 15) is 4.79 Å². The molecule has 16 heavy (non-hydrogen) atoms. The van der Waals surface area contributed by atoms with Crippen molar-refractivity contribution in [3.8, 4) is 0 Å². The molecule has 0 atom stereocenters. The van der Waals surface area contributed by atoms with E-state index in [1.807, 2.05) is 6.92 Å². The fourth-order valence-electron chi connectivity index (χ4n) is 1.46. The van der Waals surface area contributed by atoms with Gasteiger partial charge in [-0.3, -0.25) is 4.79 Å². The zero-order valence-electron chi connectivity index (χ0n) is 11.1. The van der Waals surface area contributed by atoms with E-state index < -0.39 is 0 Å². The van der Waals surface area contributed by atoms with E-state index in [1.165, 1.54) is 38.5 Å². The lowest BCUT2D eigenvalue weighted by Crippen LogP contribution is -2.03. The Labute approximate surface area is 100 Å². The molecule has 1 N–H and O–H groups in total. The van der Waals surface area contributed by atoms with Crippen molar-refractivity contribution in [2.75, 3.05) is 13.7 Å². The first-order chi connectivity index (χ1) is 7.81. The smallest absolute Gasteiger partial charge is 0.305 e. The number of carbonyl (C=O) groups is 1. The third-order valence-electron chi connectivity index (χ3n) is 2.29. The van der Waals surface area contributed by atoms with E-state index in [2.05, 4.69) is 6.92 Å². The normalized spacial score (nSPS) is 9.25. The van der Waals surface area contributed by atoms with Gasteiger partial charge in [0.25, 0.3) is 0 Å². The van der Waals surface area contributed by atoms with Crippen LogP contribution in [-0.2, 0) is 9.53 Å². The minimum Gasteiger partial charge on any atom is -0.466 e. The van der Waals surface area contributed by atoms with E-state index in [4.69, 9.17) is 9.84 Å². The Morgan fingerprint density at radius 1 is 0.938 bits per heavy atom. The number of carbonyl (C=O) groups excluding carboxylic acids is 1. The van der Waals surface area contributed by atoms with Gasteiger partial charge in [-0.15, -0.1) is 0 Å². The van der Waals surface area contributed by atoms with E-state index in [1.54, 1.807) is 0 Å². The van der Waals surface area contributed by atoms with Gasteiger partial charge in [0.05, 0.1) is 6.61 Å². The third-order valence-corrected chi connectivity index (χ3v) is 2.29. The highest BCUT2D eigenvalue weighted by atomic mass is 16.5. The van der Waals surface area contributed by atoms with Crippen LogP contribution in [0.1, 0.15) is 65.2 Å². The molecule has 0 aliphatic rings. The Bertz CT molecular complexity index is 135. The molecule has 0 unspecified atom stereocenters. The van der Waals surface area contributed by atoms with Crippen LogP contribution in [0.3, 0.4) is 0 Å². The van der Waals surface area contributed by atoms with Crippen LogP contribution in [0.4, 0.5) is 0 Å². The minimum absolute atomic E-state index is 0.0407. The summed E-state index contributed by atoms with van der Waals surface area (Å²) in [5.41, 5.74) is 0. The van der Waals surface area contributed by atoms with Crippen LogP contribution < -0.4 is 0 Å². The summed E-state index contributed by atoms with van der Waals surface area (Å²) in [5, 5.41) is 7.00. The predicted octanol–water partition coefficient (Wildman–Crippen LogP) is 3.30. The number of aliphatic hydroxyl groups is 1. The van der Waals surface area contributed by atoms with Crippen LogP contribution in [0.15, 0.2) is 0 Å². The molecule has 0 saturated carbocycles. The predicted molar refractivity (Wildman–Crippen MR) is 67.4 cm³/mol. The SMILES string of the molecule is CCCCCCCCCC(=O)OCC.CO. The van der Waals surface area contributed by atoms with Crippen molar-refractivity contribution in [3.63, 3.8) is 0 Å². The number of aliphatic hydroxyl groups excluding tert-OH is 1. The van der Waals surface area contributed by atoms with E-state index in [-0.39, 0.29) is 5.97 Å². The molecule has 0 aromatic rings. The van der Waals surface area contributed by atoms with Crippen molar-refractivity contribution < 1.29 is 14.6 Å². The van der Waals surface area contributed by atoms with Gasteiger partial charge in [0.2, 0.25) is 0 Å². The summed E-state index contributed by atoms with van der Waals surface area (Å²) in [6.45, 7) is 4.58. The molecule has 0 saturated heterocycles. The highest BCUT2D eigenvalue weighted by Crippen LogP contribution is 2.08. The lowest BCUT2D eigenvalue weighted by molar-refractivity contribution is -0.143. The van der Waals surface area contributed by atoms with Gasteiger partial charge in [-0.1, -0.05) is 45.4 Å². The van der Waals surface area contributed by atoms with Crippen LogP contribution in [0, 0.1) is 0 Å². The van der Waals surface area contributed by atoms with Crippen LogP contribution in [-0.4, -0.2) is 24.8 Å². The number of esters is 1. The molecular weight excluding hydrogens is 204 g/mol. The fraction of sp³-hybridized carbons (Fsp3) is 0.923. The van der Waals surface area contributed by atoms with Gasteiger partial charge in [0, 0.05) is 13.5 Å². The zero-order chi connectivity index (χ0) is 12.6. The van der Waals surface area contributed by atoms with Crippen LogP contribution in [0.25, 0.3) is 0 Å². The van der Waals surface area contributed by atoms with Crippen LogP contribution >= 0.6 is 0 Å². The highest BCUT2D eigenvalue weighted by Gasteiger charge is 2.00. The molecule has 0 amide bonds. The molecule has 0 aromatic heterocycles. The minimum atomic E-state index is -0.0407. The quantitative estimate of drug-likeness (QED) is 0.490. The van der Waals surface area contributed by atoms with Crippen molar-refractivity contribution in [2.24, 2.45) is 0 Å². The van der Waals surface area contributed by atoms with Gasteiger partial charge in [-0.25, -0.2) is 0 Å². The lowest BCUT2D eigenvalue weighted by atomic mass is 10.1. The van der Waals surface area contributed by atoms with Crippen molar-refractivity contribution in [1.82, 2.24) is 0 Å². The van der Waals surface area contributed by atoms with Gasteiger partial charge in [0.1, 0.15) is 0 Å². The molecule has 0 aliphatic heterocycles. The molecule has 0 spiro atoms. The molecule has 3 heteroatoms. The zero-order valence-corrected chi connectivity index (χ0v) is 11.1. The Morgan fingerprint density at radius 2 is 1.44 bits per heavy atom. The molecule has 0 aromatic carbocycles. The molecule has 0 heterocycles. The summed E-state index contributed by atoms with van der Waals surface area (Å²) in [6.07, 6.45) is 9.32. The van der Waals surface area contributed by atoms with Gasteiger partial charge in [-0.2, -0.15) is 0 Å². The lowest BCUT2D eigenvalue weighted by Gasteiger charge is -2.01. The second kappa shape index (κ2) is 16.8. The Kier molecular flexibility index (Phi) is 18.8. The first-order valence-electron chi connectivity index (χ1n) is 6.41. The largest absolute Gasteiger partial charge is 0.466 e. The van der Waals surface area contributed by atoms with Gasteiger partial charge >= 0.3 is 5.97 Å². The maximum absolute atomic E-state index is 11.0. The van der Waals surface area contributed by atoms with Crippen molar-refractivity contribution in [2.45, 2.75) is 65.2 Å². The van der Waals surface area contributed by atoms with Crippen molar-refractivity contribution >= 4 is 5.97 Å². The molecule has 0 rings (SSSR count). The fourth-order valence-corrected chi connectivity index (χ4v) is 1.46. The third kappa shape index (κ3) is 15.9. The topological polar surface area (TPSA) is 46.5 Å². The van der Waals surface area contributed by atoms with E-state index in [0.29, 0.717) is 13.0 Å². The number of hydrogen-bond donors (Lipinski definition) is 1. The molecule has 0 bridgehead atoms. The highest BCUT2D eigenvalue weighted by molar-refractivity contribution is 5.69. The Balaban J connectivity index is 0. The monoisotopic (exact) mass is 232 g/mol. The molecule has 98 valence electrons. The van der Waals surface area contributed by atoms with Crippen LogP contribution in [0.2, 0.25) is 0 Å². The summed E-state index contributed by atoms with van der Waals surface area (Å²) < 4.78 is 4.85. The summed E-state index contributed by atoms with van der Waals surface area (Å²) in [5.74, 6) is -0.0407. The van der Waals surface area contributed by atoms with E-state index >= 15 is 0 Å². The summed E-state index contributed by atoms with van der Waals surface area (Å²) >= 11 is 0. The second-order valence-electron chi connectivity index (χ2n) is 3.68. The average molecular weight is 232 g/mol. The number of unbranched alkanes of at least 4 members (excludes halogenated alkanes) is 6. The Morgan fingerprint density at radius 3 is 1.94 bits per heavy atom. The van der Waals surface area contributed by atoms with Crippen molar-refractivity contribution in [1.29, 1.82) is 0 Å². The first kappa shape index (κ1) is 17.8. The standard InChI is InChI=1S/C12H24O2.CH4O/c1-3-5-6-7-8-9-10-11-12(13)14-4-2;1-2/h3-11H2,1-2H3;2H,1H3. The van der Waals surface area contributed by atoms with Gasteiger partial charge in [0.15, 0.2) is 0 Å². The second-order valence-corrected chi connectivity index (χ2v) is 3.68. The van der Waals surface area contributed by atoms with Crippen molar-refractivity contribution in [3.05, 3.63) is 0 Å². The maximum Gasteiger partial charge on any atom is 0.305 e. The van der Waals surface area contributed by atoms with Gasteiger partial charge < -0.3 is 9.84 Å². The summed E-state index contributed by atoms with van der Waals surface area (Å²) in [6, 6.07) is 0. The van der Waals surface area contributed by atoms with E-state index in [0.717, 1.165) is 13.5 Å². The van der Waals surface area contributed by atoms with Crippen LogP contribution in [0.5, 0.6) is 0 Å². The summed E-state index contributed by atoms with van der Waals surface area (Å²) in [7, 11) is 1.00. The Hall–Kier alpha value is -0.570.